The molecule has 0 spiro atoms. The van der Waals surface area contributed by atoms with Crippen LogP contribution in [0.1, 0.15) is 17.3 Å². The highest BCUT2D eigenvalue weighted by atomic mass is 79.9. The largest absolute Gasteiger partial charge is 0.392 e. The minimum Gasteiger partial charge on any atom is -0.392 e. The molecule has 0 aliphatic rings. The van der Waals surface area contributed by atoms with E-state index in [1.807, 2.05) is 0 Å². The molecule has 17 heavy (non-hydrogen) atoms. The van der Waals surface area contributed by atoms with Crippen LogP contribution in [0.2, 0.25) is 0 Å². The van der Waals surface area contributed by atoms with Crippen LogP contribution in [-0.4, -0.2) is 28.6 Å². The van der Waals surface area contributed by atoms with E-state index in [-0.39, 0.29) is 22.3 Å². The minimum atomic E-state index is -0.670. The Kier molecular flexibility index (Phi) is 4.59. The molecule has 0 heterocycles. The van der Waals surface area contributed by atoms with Gasteiger partial charge in [-0.2, -0.15) is 0 Å². The number of carbonyl (C=O) groups is 1. The fourth-order valence-corrected chi connectivity index (χ4v) is 1.76. The normalized spacial score (nSPS) is 11.9. The summed E-state index contributed by atoms with van der Waals surface area (Å²) in [5.74, 6) is -0.471. The molecule has 0 bridgehead atoms. The van der Waals surface area contributed by atoms with Crippen molar-refractivity contribution in [1.29, 1.82) is 0 Å². The third-order valence-corrected chi connectivity index (χ3v) is 2.81. The highest BCUT2D eigenvalue weighted by molar-refractivity contribution is 9.10. The molecule has 0 aliphatic carbocycles. The van der Waals surface area contributed by atoms with E-state index < -0.39 is 16.9 Å². The molecule has 7 heteroatoms. The van der Waals surface area contributed by atoms with Crippen molar-refractivity contribution in [2.45, 2.75) is 13.0 Å². The Morgan fingerprint density at radius 3 is 2.82 bits per heavy atom. The summed E-state index contributed by atoms with van der Waals surface area (Å²) < 4.78 is 0.132. The molecule has 0 fully saturated rings. The van der Waals surface area contributed by atoms with Crippen molar-refractivity contribution in [2.24, 2.45) is 0 Å². The molecule has 1 rings (SSSR count). The second-order valence-corrected chi connectivity index (χ2v) is 4.25. The van der Waals surface area contributed by atoms with Gasteiger partial charge in [0.05, 0.1) is 16.6 Å². The second kappa shape index (κ2) is 5.74. The van der Waals surface area contributed by atoms with Gasteiger partial charge in [0, 0.05) is 12.6 Å². The average Bonchev–Trinajstić information content (AvgIpc) is 2.25. The quantitative estimate of drug-likeness (QED) is 0.650. The second-order valence-electron chi connectivity index (χ2n) is 3.45. The number of halogens is 1. The van der Waals surface area contributed by atoms with Crippen LogP contribution in [0, 0.1) is 10.1 Å². The van der Waals surface area contributed by atoms with Crippen molar-refractivity contribution in [3.63, 3.8) is 0 Å². The first-order valence-corrected chi connectivity index (χ1v) is 5.62. The summed E-state index contributed by atoms with van der Waals surface area (Å²) in [4.78, 5) is 21.8. The van der Waals surface area contributed by atoms with Crippen LogP contribution in [0.4, 0.5) is 5.69 Å². The average molecular weight is 303 g/mol. The molecule has 0 aromatic heterocycles. The lowest BCUT2D eigenvalue weighted by Gasteiger charge is -2.08. The van der Waals surface area contributed by atoms with Crippen LogP contribution in [0.5, 0.6) is 0 Å². The van der Waals surface area contributed by atoms with Gasteiger partial charge in [0.2, 0.25) is 0 Å². The van der Waals surface area contributed by atoms with Gasteiger partial charge >= 0.3 is 0 Å². The number of aliphatic hydroxyl groups excluding tert-OH is 1. The Hall–Kier alpha value is -1.47. The summed E-state index contributed by atoms with van der Waals surface area (Å²) in [6.07, 6.45) is -0.670. The third-order valence-electron chi connectivity index (χ3n) is 1.98. The summed E-state index contributed by atoms with van der Waals surface area (Å²) in [7, 11) is 0. The van der Waals surface area contributed by atoms with E-state index in [0.717, 1.165) is 0 Å². The van der Waals surface area contributed by atoms with Crippen molar-refractivity contribution in [3.05, 3.63) is 38.3 Å². The number of carbonyl (C=O) groups excluding carboxylic acids is 1. The number of nitro benzene ring substituents is 1. The number of rotatable bonds is 4. The van der Waals surface area contributed by atoms with Gasteiger partial charge in [0.15, 0.2) is 0 Å². The smallest absolute Gasteiger partial charge is 0.284 e. The first-order chi connectivity index (χ1) is 7.93. The maximum Gasteiger partial charge on any atom is 0.284 e. The Balaban J connectivity index is 2.95. The summed E-state index contributed by atoms with van der Waals surface area (Å²) >= 11 is 3.02. The lowest BCUT2D eigenvalue weighted by molar-refractivity contribution is -0.385. The number of amides is 1. The number of hydrogen-bond donors (Lipinski definition) is 2. The zero-order valence-electron chi connectivity index (χ0n) is 9.01. The van der Waals surface area contributed by atoms with E-state index in [2.05, 4.69) is 21.2 Å². The topological polar surface area (TPSA) is 92.5 Å². The van der Waals surface area contributed by atoms with E-state index >= 15 is 0 Å². The van der Waals surface area contributed by atoms with Crippen LogP contribution in [-0.2, 0) is 0 Å². The van der Waals surface area contributed by atoms with Crippen LogP contribution in [0.15, 0.2) is 22.7 Å². The summed E-state index contributed by atoms with van der Waals surface area (Å²) in [6.45, 7) is 1.62. The molecule has 0 saturated heterocycles. The van der Waals surface area contributed by atoms with Crippen LogP contribution >= 0.6 is 15.9 Å². The lowest BCUT2D eigenvalue weighted by atomic mass is 10.2. The number of aliphatic hydroxyl groups is 1. The van der Waals surface area contributed by atoms with Gasteiger partial charge in [-0.1, -0.05) is 6.07 Å². The molecule has 0 unspecified atom stereocenters. The SMILES string of the molecule is C[C@@H](O)CNC(=O)c1cccc([N+](=O)[O-])c1Br. The van der Waals surface area contributed by atoms with Gasteiger partial charge in [-0.3, -0.25) is 14.9 Å². The highest BCUT2D eigenvalue weighted by Crippen LogP contribution is 2.28. The molecular weight excluding hydrogens is 292 g/mol. The lowest BCUT2D eigenvalue weighted by Crippen LogP contribution is -2.30. The third kappa shape index (κ3) is 3.50. The molecule has 1 atom stereocenters. The number of nitro groups is 1. The van der Waals surface area contributed by atoms with Crippen LogP contribution < -0.4 is 5.32 Å². The van der Waals surface area contributed by atoms with Gasteiger partial charge in [-0.25, -0.2) is 0 Å². The van der Waals surface area contributed by atoms with E-state index in [0.29, 0.717) is 0 Å². The molecule has 0 saturated carbocycles. The predicted octanol–water partition coefficient (Wildman–Crippen LogP) is 1.47. The van der Waals surface area contributed by atoms with Gasteiger partial charge in [0.1, 0.15) is 4.47 Å². The van der Waals surface area contributed by atoms with Crippen molar-refractivity contribution in [3.8, 4) is 0 Å². The Morgan fingerprint density at radius 2 is 2.29 bits per heavy atom. The number of hydrogen-bond acceptors (Lipinski definition) is 4. The van der Waals surface area contributed by atoms with E-state index in [4.69, 9.17) is 5.11 Å². The Bertz CT molecular complexity index is 448. The molecule has 1 aromatic carbocycles. The fraction of sp³-hybridized carbons (Fsp3) is 0.300. The van der Waals surface area contributed by atoms with Crippen LogP contribution in [0.3, 0.4) is 0 Å². The predicted molar refractivity (Wildman–Crippen MR) is 64.8 cm³/mol. The number of nitrogens with one attached hydrogen (secondary N) is 1. The zero-order chi connectivity index (χ0) is 13.0. The zero-order valence-corrected chi connectivity index (χ0v) is 10.6. The van der Waals surface area contributed by atoms with Crippen molar-refractivity contribution in [1.82, 2.24) is 5.32 Å². The molecule has 92 valence electrons. The van der Waals surface area contributed by atoms with Gasteiger partial charge in [0.25, 0.3) is 11.6 Å². The first kappa shape index (κ1) is 13.6. The maximum atomic E-state index is 11.7. The van der Waals surface area contributed by atoms with Crippen molar-refractivity contribution >= 4 is 27.5 Å². The Morgan fingerprint density at radius 1 is 1.65 bits per heavy atom. The van der Waals surface area contributed by atoms with Gasteiger partial charge in [-0.05, 0) is 28.9 Å². The molecule has 0 aliphatic heterocycles. The molecule has 2 N–H and O–H groups in total. The van der Waals surface area contributed by atoms with E-state index in [9.17, 15) is 14.9 Å². The molecule has 1 aromatic rings. The van der Waals surface area contributed by atoms with Crippen molar-refractivity contribution < 1.29 is 14.8 Å². The first-order valence-electron chi connectivity index (χ1n) is 4.82. The standard InChI is InChI=1S/C10H11BrN2O4/c1-6(14)5-12-10(15)7-3-2-4-8(9(7)11)13(16)17/h2-4,6,14H,5H2,1H3,(H,12,15)/t6-/m1/s1. The fourth-order valence-electron chi connectivity index (χ4n) is 1.17. The Labute approximate surface area is 106 Å². The summed E-state index contributed by atoms with van der Waals surface area (Å²) in [6, 6.07) is 4.20. The summed E-state index contributed by atoms with van der Waals surface area (Å²) in [5.41, 5.74) is -0.00505. The summed E-state index contributed by atoms with van der Waals surface area (Å²) in [5, 5.41) is 22.2. The molecule has 6 nitrogen and oxygen atoms in total. The van der Waals surface area contributed by atoms with Crippen molar-refractivity contribution in [2.75, 3.05) is 6.54 Å². The van der Waals surface area contributed by atoms with E-state index in [1.54, 1.807) is 0 Å². The maximum absolute atomic E-state index is 11.7. The number of benzene rings is 1. The molecular formula is C10H11BrN2O4. The molecule has 1 amide bonds. The van der Waals surface area contributed by atoms with Gasteiger partial charge in [-0.15, -0.1) is 0 Å². The highest BCUT2D eigenvalue weighted by Gasteiger charge is 2.19. The van der Waals surface area contributed by atoms with Gasteiger partial charge < -0.3 is 10.4 Å². The molecule has 0 radical (unpaired) electrons. The van der Waals surface area contributed by atoms with Crippen LogP contribution in [0.25, 0.3) is 0 Å². The number of nitrogens with zero attached hydrogens (tertiary/aromatic N) is 1. The monoisotopic (exact) mass is 302 g/mol. The van der Waals surface area contributed by atoms with E-state index in [1.165, 1.54) is 25.1 Å². The minimum absolute atomic E-state index is 0.0912.